The molecule has 0 amide bonds. The first-order valence-electron chi connectivity index (χ1n) is 9.80. The highest BCUT2D eigenvalue weighted by Crippen LogP contribution is 2.38. The quantitative estimate of drug-likeness (QED) is 0.557. The van der Waals surface area contributed by atoms with Crippen LogP contribution in [0, 0.1) is 0 Å². The minimum atomic E-state index is -4.60. The number of hydrogen-bond acceptors (Lipinski definition) is 7. The van der Waals surface area contributed by atoms with E-state index in [9.17, 15) is 21.6 Å². The molecule has 1 fully saturated rings. The molecule has 0 bridgehead atoms. The van der Waals surface area contributed by atoms with Crippen molar-refractivity contribution in [1.29, 1.82) is 0 Å². The van der Waals surface area contributed by atoms with E-state index in [4.69, 9.17) is 0 Å². The van der Waals surface area contributed by atoms with Crippen molar-refractivity contribution in [3.8, 4) is 0 Å². The molecule has 0 unspecified atom stereocenters. The molecule has 0 radical (unpaired) electrons. The Bertz CT molecular complexity index is 982. The van der Waals surface area contributed by atoms with Gasteiger partial charge in [0.1, 0.15) is 11.4 Å². The Hall–Kier alpha value is -2.47. The number of pyridine rings is 1. The van der Waals surface area contributed by atoms with E-state index >= 15 is 0 Å². The van der Waals surface area contributed by atoms with Gasteiger partial charge in [-0.15, -0.1) is 0 Å². The van der Waals surface area contributed by atoms with E-state index < -0.39 is 21.8 Å². The van der Waals surface area contributed by atoms with Crippen LogP contribution in [0.1, 0.15) is 36.3 Å². The first kappa shape index (κ1) is 23.2. The Balaban J connectivity index is 1.60. The fourth-order valence-electron chi connectivity index (χ4n) is 3.28. The molecule has 1 aliphatic rings. The second-order valence-corrected chi connectivity index (χ2v) is 9.70. The van der Waals surface area contributed by atoms with Gasteiger partial charge in [0.05, 0.1) is 6.26 Å². The van der Waals surface area contributed by atoms with Gasteiger partial charge in [-0.05, 0) is 36.8 Å². The lowest BCUT2D eigenvalue weighted by Crippen LogP contribution is -2.34. The van der Waals surface area contributed by atoms with E-state index in [2.05, 4.69) is 25.6 Å². The van der Waals surface area contributed by atoms with Crippen molar-refractivity contribution >= 4 is 21.8 Å². The molecular weight excluding hydrogens is 433 g/mol. The van der Waals surface area contributed by atoms with Crippen LogP contribution in [-0.2, 0) is 16.2 Å². The molecule has 2 N–H and O–H groups in total. The molecule has 2 aromatic rings. The highest BCUT2D eigenvalue weighted by molar-refractivity contribution is 7.88. The predicted molar refractivity (Wildman–Crippen MR) is 111 cm³/mol. The van der Waals surface area contributed by atoms with Gasteiger partial charge < -0.3 is 10.6 Å². The van der Waals surface area contributed by atoms with E-state index in [1.807, 2.05) is 18.3 Å². The Kier molecular flexibility index (Phi) is 6.99. The van der Waals surface area contributed by atoms with Crippen molar-refractivity contribution in [2.45, 2.75) is 37.4 Å². The second-order valence-electron chi connectivity index (χ2n) is 7.61. The summed E-state index contributed by atoms with van der Waals surface area (Å²) in [6.07, 6.45) is 2.71. The van der Waals surface area contributed by atoms with E-state index in [1.54, 1.807) is 6.20 Å². The zero-order chi connectivity index (χ0) is 22.6. The van der Waals surface area contributed by atoms with E-state index in [-0.39, 0.29) is 30.9 Å². The molecule has 3 rings (SSSR count). The predicted octanol–water partition coefficient (Wildman–Crippen LogP) is 2.94. The molecular formula is C19H25F3N6O2S. The summed E-state index contributed by atoms with van der Waals surface area (Å²) < 4.78 is 63.9. The van der Waals surface area contributed by atoms with Gasteiger partial charge in [-0.1, -0.05) is 6.07 Å². The van der Waals surface area contributed by atoms with Crippen LogP contribution in [0.2, 0.25) is 0 Å². The first-order chi connectivity index (χ1) is 14.5. The van der Waals surface area contributed by atoms with E-state index in [0.717, 1.165) is 35.2 Å². The van der Waals surface area contributed by atoms with Gasteiger partial charge in [-0.2, -0.15) is 18.2 Å². The summed E-state index contributed by atoms with van der Waals surface area (Å²) in [7, 11) is -1.92. The zero-order valence-electron chi connectivity index (χ0n) is 17.2. The summed E-state index contributed by atoms with van der Waals surface area (Å²) in [5.41, 5.74) is 0.173. The summed E-state index contributed by atoms with van der Waals surface area (Å²) >= 11 is 0. The number of anilines is 2. The smallest absolute Gasteiger partial charge is 0.369 e. The van der Waals surface area contributed by atoms with Crippen molar-refractivity contribution in [3.63, 3.8) is 0 Å². The SMILES string of the molecule is CN(CCCNc1nc(NC2CC(c3cccnc3)C2)ncc1C(F)(F)F)S(C)(=O)=O. The first-order valence-corrected chi connectivity index (χ1v) is 11.6. The molecule has 1 saturated carbocycles. The molecule has 8 nitrogen and oxygen atoms in total. The van der Waals surface area contributed by atoms with Gasteiger partial charge in [0, 0.05) is 44.8 Å². The fraction of sp³-hybridized carbons (Fsp3) is 0.526. The van der Waals surface area contributed by atoms with Gasteiger partial charge in [0.25, 0.3) is 0 Å². The molecule has 0 saturated heterocycles. The van der Waals surface area contributed by atoms with Crippen LogP contribution in [0.3, 0.4) is 0 Å². The number of aromatic nitrogens is 3. The highest BCUT2D eigenvalue weighted by Gasteiger charge is 2.36. The lowest BCUT2D eigenvalue weighted by Gasteiger charge is -2.36. The normalized spacial score (nSPS) is 19.2. The molecule has 170 valence electrons. The number of nitrogens with one attached hydrogen (secondary N) is 2. The lowest BCUT2D eigenvalue weighted by atomic mass is 9.76. The van der Waals surface area contributed by atoms with Crippen molar-refractivity contribution in [1.82, 2.24) is 19.3 Å². The third-order valence-corrected chi connectivity index (χ3v) is 6.54. The van der Waals surface area contributed by atoms with Crippen LogP contribution in [0.4, 0.5) is 24.9 Å². The molecule has 2 heterocycles. The third-order valence-electron chi connectivity index (χ3n) is 5.23. The maximum absolute atomic E-state index is 13.3. The molecule has 2 aromatic heterocycles. The minimum absolute atomic E-state index is 0.0678. The Labute approximate surface area is 179 Å². The number of rotatable bonds is 9. The third kappa shape index (κ3) is 6.26. The molecule has 0 atom stereocenters. The van der Waals surface area contributed by atoms with Crippen LogP contribution in [-0.4, -0.2) is 60.1 Å². The van der Waals surface area contributed by atoms with Crippen LogP contribution in [0.5, 0.6) is 0 Å². The molecule has 1 aliphatic carbocycles. The summed E-state index contributed by atoms with van der Waals surface area (Å²) in [6.45, 7) is 0.313. The number of sulfonamides is 1. The second kappa shape index (κ2) is 9.35. The summed E-state index contributed by atoms with van der Waals surface area (Å²) in [5, 5.41) is 5.76. The van der Waals surface area contributed by atoms with Gasteiger partial charge >= 0.3 is 6.18 Å². The number of nitrogens with zero attached hydrogens (tertiary/aromatic N) is 4. The molecule has 31 heavy (non-hydrogen) atoms. The molecule has 0 aromatic carbocycles. The maximum atomic E-state index is 13.3. The standard InChI is InChI=1S/C19H25F3N6O2S/c1-28(31(2,29)30)8-4-7-24-17-16(19(20,21)22)12-25-18(27-17)26-15-9-14(10-15)13-5-3-6-23-11-13/h3,5-6,11-12,14-15H,4,7-10H2,1-2H3,(H2,24,25,26,27). The number of alkyl halides is 3. The summed E-state index contributed by atoms with van der Waals surface area (Å²) in [4.78, 5) is 12.0. The minimum Gasteiger partial charge on any atom is -0.369 e. The van der Waals surface area contributed by atoms with Crippen molar-refractivity contribution < 1.29 is 21.6 Å². The Morgan fingerprint density at radius 3 is 2.61 bits per heavy atom. The molecule has 12 heteroatoms. The zero-order valence-corrected chi connectivity index (χ0v) is 18.0. The largest absolute Gasteiger partial charge is 0.421 e. The monoisotopic (exact) mass is 458 g/mol. The average Bonchev–Trinajstić information content (AvgIpc) is 2.66. The Morgan fingerprint density at radius 1 is 1.26 bits per heavy atom. The van der Waals surface area contributed by atoms with Crippen molar-refractivity contribution in [2.24, 2.45) is 0 Å². The topological polar surface area (TPSA) is 100 Å². The van der Waals surface area contributed by atoms with E-state index in [0.29, 0.717) is 12.3 Å². The maximum Gasteiger partial charge on any atom is 0.421 e. The van der Waals surface area contributed by atoms with E-state index in [1.165, 1.54) is 7.05 Å². The Morgan fingerprint density at radius 2 is 2.00 bits per heavy atom. The lowest BCUT2D eigenvalue weighted by molar-refractivity contribution is -0.137. The number of hydrogen-bond donors (Lipinski definition) is 2. The van der Waals surface area contributed by atoms with Crippen LogP contribution in [0.15, 0.2) is 30.7 Å². The van der Waals surface area contributed by atoms with Crippen LogP contribution >= 0.6 is 0 Å². The summed E-state index contributed by atoms with van der Waals surface area (Å²) in [5.74, 6) is 0.151. The average molecular weight is 459 g/mol. The van der Waals surface area contributed by atoms with Gasteiger partial charge in [-0.25, -0.2) is 17.7 Å². The van der Waals surface area contributed by atoms with Crippen LogP contribution < -0.4 is 10.6 Å². The number of halogens is 3. The van der Waals surface area contributed by atoms with Crippen molar-refractivity contribution in [3.05, 3.63) is 41.9 Å². The highest BCUT2D eigenvalue weighted by atomic mass is 32.2. The van der Waals surface area contributed by atoms with Gasteiger partial charge in [-0.3, -0.25) is 4.98 Å². The molecule has 0 aliphatic heterocycles. The van der Waals surface area contributed by atoms with Gasteiger partial charge in [0.2, 0.25) is 16.0 Å². The van der Waals surface area contributed by atoms with Crippen LogP contribution in [0.25, 0.3) is 0 Å². The molecule has 0 spiro atoms. The summed E-state index contributed by atoms with van der Waals surface area (Å²) in [6, 6.07) is 3.95. The fourth-order valence-corrected chi connectivity index (χ4v) is 3.74. The van der Waals surface area contributed by atoms with Crippen molar-refractivity contribution in [2.75, 3.05) is 37.0 Å². The van der Waals surface area contributed by atoms with Gasteiger partial charge in [0.15, 0.2) is 0 Å².